The normalized spacial score (nSPS) is 13.6. The standard InChI is InChI=1S/C10H17NO7S/c12-2-1-3-19-5-6(10(17)18)11-9(16)7(13)4-8(14)15/h6-7,12-13H,1-5H2,(H,11,16)(H,14,15)(H,17,18)/t6-,7-/m1/s1. The van der Waals surface area contributed by atoms with Crippen LogP contribution in [0.3, 0.4) is 0 Å². The summed E-state index contributed by atoms with van der Waals surface area (Å²) in [6.07, 6.45) is -2.05. The van der Waals surface area contributed by atoms with Crippen molar-refractivity contribution >= 4 is 29.6 Å². The van der Waals surface area contributed by atoms with Crippen LogP contribution in [0.25, 0.3) is 0 Å². The molecule has 0 radical (unpaired) electrons. The molecule has 19 heavy (non-hydrogen) atoms. The zero-order valence-electron chi connectivity index (χ0n) is 10.1. The van der Waals surface area contributed by atoms with Gasteiger partial charge in [-0.2, -0.15) is 11.8 Å². The van der Waals surface area contributed by atoms with Crippen LogP contribution in [-0.4, -0.2) is 68.5 Å². The molecule has 5 N–H and O–H groups in total. The van der Waals surface area contributed by atoms with E-state index in [2.05, 4.69) is 5.32 Å². The fourth-order valence-corrected chi connectivity index (χ4v) is 2.03. The molecule has 0 saturated heterocycles. The van der Waals surface area contributed by atoms with Crippen LogP contribution in [0.4, 0.5) is 0 Å². The van der Waals surface area contributed by atoms with Crippen molar-refractivity contribution in [1.29, 1.82) is 0 Å². The molecule has 0 aromatic carbocycles. The summed E-state index contributed by atoms with van der Waals surface area (Å²) in [6, 6.07) is -1.21. The number of aliphatic hydroxyl groups excluding tert-OH is 2. The highest BCUT2D eigenvalue weighted by Gasteiger charge is 2.25. The van der Waals surface area contributed by atoms with Gasteiger partial charge in [-0.05, 0) is 12.2 Å². The summed E-state index contributed by atoms with van der Waals surface area (Å²) in [4.78, 5) is 32.5. The number of nitrogens with one attached hydrogen (secondary N) is 1. The molecule has 110 valence electrons. The number of amides is 1. The van der Waals surface area contributed by atoms with Crippen LogP contribution in [0, 0.1) is 0 Å². The molecule has 0 aliphatic heterocycles. The van der Waals surface area contributed by atoms with Gasteiger partial charge in [0.1, 0.15) is 12.1 Å². The van der Waals surface area contributed by atoms with Gasteiger partial charge in [0.25, 0.3) is 0 Å². The SMILES string of the molecule is O=C(O)C[C@@H](O)C(=O)N[C@H](CSCCCO)C(=O)O. The Labute approximate surface area is 113 Å². The van der Waals surface area contributed by atoms with Crippen molar-refractivity contribution in [2.24, 2.45) is 0 Å². The van der Waals surface area contributed by atoms with E-state index < -0.39 is 36.4 Å². The molecule has 2 atom stereocenters. The largest absolute Gasteiger partial charge is 0.481 e. The lowest BCUT2D eigenvalue weighted by Gasteiger charge is -2.16. The van der Waals surface area contributed by atoms with Crippen molar-refractivity contribution in [3.63, 3.8) is 0 Å². The molecule has 0 heterocycles. The zero-order chi connectivity index (χ0) is 14.8. The highest BCUT2D eigenvalue weighted by molar-refractivity contribution is 7.99. The molecule has 0 aliphatic carbocycles. The number of carbonyl (C=O) groups is 3. The number of carboxylic acid groups (broad SMARTS) is 2. The van der Waals surface area contributed by atoms with Crippen molar-refractivity contribution < 1.29 is 34.8 Å². The minimum absolute atomic E-state index is 0.00553. The fourth-order valence-electron chi connectivity index (χ4n) is 1.07. The minimum atomic E-state index is -1.78. The lowest BCUT2D eigenvalue weighted by atomic mass is 10.2. The first-order valence-electron chi connectivity index (χ1n) is 5.50. The summed E-state index contributed by atoms with van der Waals surface area (Å²) in [6.45, 7) is -0.00553. The molecular weight excluding hydrogens is 278 g/mol. The van der Waals surface area contributed by atoms with Crippen LogP contribution in [0.5, 0.6) is 0 Å². The second kappa shape index (κ2) is 9.59. The van der Waals surface area contributed by atoms with Gasteiger partial charge in [0.15, 0.2) is 0 Å². The maximum absolute atomic E-state index is 11.3. The maximum atomic E-state index is 11.3. The van der Waals surface area contributed by atoms with E-state index in [4.69, 9.17) is 15.3 Å². The third kappa shape index (κ3) is 8.41. The smallest absolute Gasteiger partial charge is 0.327 e. The lowest BCUT2D eigenvalue weighted by molar-refractivity contribution is -0.146. The maximum Gasteiger partial charge on any atom is 0.327 e. The van der Waals surface area contributed by atoms with E-state index in [0.717, 1.165) is 0 Å². The molecule has 0 aliphatic rings. The molecule has 1 amide bonds. The van der Waals surface area contributed by atoms with Crippen molar-refractivity contribution in [1.82, 2.24) is 5.32 Å². The lowest BCUT2D eigenvalue weighted by Crippen LogP contribution is -2.47. The molecule has 0 bridgehead atoms. The van der Waals surface area contributed by atoms with Crippen molar-refractivity contribution in [3.8, 4) is 0 Å². The van der Waals surface area contributed by atoms with E-state index in [9.17, 15) is 19.5 Å². The minimum Gasteiger partial charge on any atom is -0.481 e. The topological polar surface area (TPSA) is 144 Å². The Morgan fingerprint density at radius 1 is 1.21 bits per heavy atom. The molecule has 9 heteroatoms. The summed E-state index contributed by atoms with van der Waals surface area (Å²) >= 11 is 1.23. The number of aliphatic hydroxyl groups is 2. The number of rotatable bonds is 10. The Bertz CT molecular complexity index is 323. The van der Waals surface area contributed by atoms with Crippen LogP contribution in [0.1, 0.15) is 12.8 Å². The highest BCUT2D eigenvalue weighted by Crippen LogP contribution is 2.06. The van der Waals surface area contributed by atoms with Gasteiger partial charge in [-0.15, -0.1) is 0 Å². The number of carboxylic acids is 2. The summed E-state index contributed by atoms with van der Waals surface area (Å²) in [5, 5.41) is 37.1. The van der Waals surface area contributed by atoms with E-state index in [-0.39, 0.29) is 12.4 Å². The van der Waals surface area contributed by atoms with Gasteiger partial charge in [0.05, 0.1) is 6.42 Å². The molecular formula is C10H17NO7S. The monoisotopic (exact) mass is 295 g/mol. The van der Waals surface area contributed by atoms with Gasteiger partial charge in [0.2, 0.25) is 5.91 Å². The van der Waals surface area contributed by atoms with Crippen LogP contribution in [0.2, 0.25) is 0 Å². The van der Waals surface area contributed by atoms with Crippen LogP contribution < -0.4 is 5.32 Å². The first kappa shape index (κ1) is 17.7. The zero-order valence-corrected chi connectivity index (χ0v) is 10.9. The predicted molar refractivity (Wildman–Crippen MR) is 66.9 cm³/mol. The number of hydrogen-bond donors (Lipinski definition) is 5. The average Bonchev–Trinajstić information content (AvgIpc) is 2.31. The Morgan fingerprint density at radius 3 is 2.32 bits per heavy atom. The molecule has 0 aromatic rings. The van der Waals surface area contributed by atoms with E-state index in [0.29, 0.717) is 12.2 Å². The van der Waals surface area contributed by atoms with Crippen molar-refractivity contribution in [2.45, 2.75) is 25.0 Å². The Morgan fingerprint density at radius 2 is 1.84 bits per heavy atom. The molecule has 0 spiro atoms. The summed E-state index contributed by atoms with van der Waals surface area (Å²) in [5.74, 6) is -3.05. The summed E-state index contributed by atoms with van der Waals surface area (Å²) < 4.78 is 0. The first-order chi connectivity index (χ1) is 8.88. The van der Waals surface area contributed by atoms with E-state index >= 15 is 0 Å². The number of thioether (sulfide) groups is 1. The Kier molecular flexibility index (Phi) is 8.92. The molecule has 0 aromatic heterocycles. The number of hydrogen-bond acceptors (Lipinski definition) is 6. The van der Waals surface area contributed by atoms with Crippen molar-refractivity contribution in [3.05, 3.63) is 0 Å². The van der Waals surface area contributed by atoms with Crippen LogP contribution in [0.15, 0.2) is 0 Å². The van der Waals surface area contributed by atoms with Gasteiger partial charge in [-0.3, -0.25) is 9.59 Å². The average molecular weight is 295 g/mol. The van der Waals surface area contributed by atoms with Gasteiger partial charge in [-0.25, -0.2) is 4.79 Å². The molecule has 0 saturated carbocycles. The summed E-state index contributed by atoms with van der Waals surface area (Å²) in [5.41, 5.74) is 0. The van der Waals surface area contributed by atoms with Gasteiger partial charge >= 0.3 is 11.9 Å². The van der Waals surface area contributed by atoms with Gasteiger partial charge < -0.3 is 25.7 Å². The third-order valence-corrected chi connectivity index (χ3v) is 3.16. The second-order valence-corrected chi connectivity index (χ2v) is 4.81. The van der Waals surface area contributed by atoms with E-state index in [1.165, 1.54) is 11.8 Å². The Balaban J connectivity index is 4.22. The van der Waals surface area contributed by atoms with Crippen LogP contribution in [-0.2, 0) is 14.4 Å². The quantitative estimate of drug-likeness (QED) is 0.306. The van der Waals surface area contributed by atoms with Crippen LogP contribution >= 0.6 is 11.8 Å². The Hall–Kier alpha value is -1.32. The highest BCUT2D eigenvalue weighted by atomic mass is 32.2. The van der Waals surface area contributed by atoms with Gasteiger partial charge in [-0.1, -0.05) is 0 Å². The van der Waals surface area contributed by atoms with Crippen molar-refractivity contribution in [2.75, 3.05) is 18.1 Å². The van der Waals surface area contributed by atoms with E-state index in [1.807, 2.05) is 0 Å². The fraction of sp³-hybridized carbons (Fsp3) is 0.700. The number of aliphatic carboxylic acids is 2. The second-order valence-electron chi connectivity index (χ2n) is 3.67. The molecule has 0 rings (SSSR count). The third-order valence-electron chi connectivity index (χ3n) is 2.02. The number of carbonyl (C=O) groups excluding carboxylic acids is 1. The molecule has 8 nitrogen and oxygen atoms in total. The van der Waals surface area contributed by atoms with E-state index in [1.54, 1.807) is 0 Å². The first-order valence-corrected chi connectivity index (χ1v) is 6.65. The predicted octanol–water partition coefficient (Wildman–Crippen LogP) is -1.49. The summed E-state index contributed by atoms with van der Waals surface area (Å²) in [7, 11) is 0. The molecule has 0 unspecified atom stereocenters. The van der Waals surface area contributed by atoms with Gasteiger partial charge in [0, 0.05) is 12.4 Å². The molecule has 0 fully saturated rings.